The summed E-state index contributed by atoms with van der Waals surface area (Å²) in [5, 5.41) is 3.89. The van der Waals surface area contributed by atoms with Crippen molar-refractivity contribution in [3.8, 4) is 5.69 Å². The molecule has 1 amide bonds. The van der Waals surface area contributed by atoms with Crippen molar-refractivity contribution in [3.63, 3.8) is 0 Å². The lowest BCUT2D eigenvalue weighted by Crippen LogP contribution is -2.19. The van der Waals surface area contributed by atoms with Gasteiger partial charge >= 0.3 is 5.97 Å². The molecule has 1 N–H and O–H groups in total. The minimum absolute atomic E-state index is 0.253. The smallest absolute Gasteiger partial charge is 0.339 e. The van der Waals surface area contributed by atoms with Gasteiger partial charge in [-0.1, -0.05) is 41.4 Å². The first-order valence-electron chi connectivity index (χ1n) is 9.90. The van der Waals surface area contributed by atoms with Crippen molar-refractivity contribution in [1.29, 1.82) is 0 Å². The molecule has 1 aliphatic rings. The molecule has 1 fully saturated rings. The lowest BCUT2D eigenvalue weighted by Gasteiger charge is -2.13. The van der Waals surface area contributed by atoms with E-state index >= 15 is 0 Å². The minimum Gasteiger partial charge on any atom is -0.465 e. The number of hydrogen-bond acceptors (Lipinski definition) is 5. The van der Waals surface area contributed by atoms with Gasteiger partial charge in [-0.2, -0.15) is 0 Å². The molecule has 6 nitrogen and oxygen atoms in total. The summed E-state index contributed by atoms with van der Waals surface area (Å²) in [4.78, 5) is 29.8. The topological polar surface area (TPSA) is 72.7 Å². The van der Waals surface area contributed by atoms with Crippen molar-refractivity contribution in [2.45, 2.75) is 13.8 Å². The number of rotatable bonds is 4. The SMILES string of the molecule is COC(=O)c1ccccc1-n1c(C)cc(/C=C2/SC(=Nc3cccc(Cl)c3Cl)NC2=O)c1C. The van der Waals surface area contributed by atoms with Crippen LogP contribution < -0.4 is 5.32 Å². The zero-order chi connectivity index (χ0) is 23.7. The van der Waals surface area contributed by atoms with Gasteiger partial charge in [0.25, 0.3) is 5.91 Å². The summed E-state index contributed by atoms with van der Waals surface area (Å²) in [6.07, 6.45) is 1.81. The molecule has 1 saturated heterocycles. The van der Waals surface area contributed by atoms with Crippen LogP contribution in [-0.4, -0.2) is 28.7 Å². The second-order valence-corrected chi connectivity index (χ2v) is 9.04. The number of amidine groups is 1. The van der Waals surface area contributed by atoms with E-state index in [0.29, 0.717) is 37.1 Å². The standard InChI is InChI=1S/C24H19Cl2N3O3S/c1-13-11-15(14(2)29(13)19-10-5-4-7-16(19)23(31)32-3)12-20-22(30)28-24(33-20)27-18-9-6-8-17(25)21(18)26/h4-12H,1-3H3,(H,27,28,30)/b20-12+. The summed E-state index contributed by atoms with van der Waals surface area (Å²) in [7, 11) is 1.36. The van der Waals surface area contributed by atoms with Gasteiger partial charge in [-0.3, -0.25) is 4.79 Å². The lowest BCUT2D eigenvalue weighted by molar-refractivity contribution is -0.115. The molecule has 3 aromatic rings. The molecule has 0 aliphatic carbocycles. The van der Waals surface area contributed by atoms with Crippen LogP contribution in [0.15, 0.2) is 58.4 Å². The number of ether oxygens (including phenoxy) is 1. The highest BCUT2D eigenvalue weighted by Gasteiger charge is 2.25. The fourth-order valence-corrected chi connectivity index (χ4v) is 4.73. The molecule has 0 bridgehead atoms. The Morgan fingerprint density at radius 3 is 2.67 bits per heavy atom. The Labute approximate surface area is 205 Å². The van der Waals surface area contributed by atoms with Crippen LogP contribution in [0.4, 0.5) is 5.69 Å². The molecular weight excluding hydrogens is 481 g/mol. The number of hydrogen-bond donors (Lipinski definition) is 1. The van der Waals surface area contributed by atoms with Gasteiger partial charge in [-0.05, 0) is 67.6 Å². The maximum absolute atomic E-state index is 12.6. The van der Waals surface area contributed by atoms with Crippen molar-refractivity contribution in [2.24, 2.45) is 4.99 Å². The summed E-state index contributed by atoms with van der Waals surface area (Å²) in [5.74, 6) is -0.666. The Morgan fingerprint density at radius 1 is 1.15 bits per heavy atom. The van der Waals surface area contributed by atoms with Crippen LogP contribution >= 0.6 is 35.0 Å². The number of esters is 1. The third-order valence-electron chi connectivity index (χ3n) is 5.11. The van der Waals surface area contributed by atoms with E-state index in [2.05, 4.69) is 10.3 Å². The van der Waals surface area contributed by atoms with Gasteiger partial charge in [-0.25, -0.2) is 9.79 Å². The highest BCUT2D eigenvalue weighted by molar-refractivity contribution is 8.18. The summed E-state index contributed by atoms with van der Waals surface area (Å²) >= 11 is 13.5. The maximum Gasteiger partial charge on any atom is 0.339 e. The normalized spacial score (nSPS) is 15.8. The number of benzene rings is 2. The number of amides is 1. The van der Waals surface area contributed by atoms with Crippen molar-refractivity contribution in [1.82, 2.24) is 9.88 Å². The number of carbonyl (C=O) groups is 2. The average Bonchev–Trinajstić information content (AvgIpc) is 3.28. The number of aromatic nitrogens is 1. The predicted molar refractivity (Wildman–Crippen MR) is 134 cm³/mol. The molecule has 2 aromatic carbocycles. The maximum atomic E-state index is 12.6. The Morgan fingerprint density at radius 2 is 1.91 bits per heavy atom. The molecule has 1 aromatic heterocycles. The second kappa shape index (κ2) is 9.47. The molecule has 2 heterocycles. The molecule has 0 saturated carbocycles. The van der Waals surface area contributed by atoms with Crippen LogP contribution in [0, 0.1) is 13.8 Å². The van der Waals surface area contributed by atoms with Gasteiger partial charge in [0, 0.05) is 11.4 Å². The van der Waals surface area contributed by atoms with Gasteiger partial charge < -0.3 is 14.6 Å². The number of aliphatic imine (C=N–C) groups is 1. The molecule has 33 heavy (non-hydrogen) atoms. The Balaban J connectivity index is 1.69. The number of carbonyl (C=O) groups excluding carboxylic acids is 2. The van der Waals surface area contributed by atoms with E-state index in [1.54, 1.807) is 30.3 Å². The summed E-state index contributed by atoms with van der Waals surface area (Å²) < 4.78 is 6.90. The zero-order valence-corrected chi connectivity index (χ0v) is 20.3. The fourth-order valence-electron chi connectivity index (χ4n) is 3.57. The van der Waals surface area contributed by atoms with Gasteiger partial charge in [0.15, 0.2) is 5.17 Å². The average molecular weight is 500 g/mol. The number of aryl methyl sites for hydroxylation is 1. The molecule has 4 rings (SSSR count). The number of para-hydroxylation sites is 1. The first-order chi connectivity index (χ1) is 15.8. The molecule has 9 heteroatoms. The first kappa shape index (κ1) is 23.2. The zero-order valence-electron chi connectivity index (χ0n) is 18.0. The van der Waals surface area contributed by atoms with Gasteiger partial charge in [-0.15, -0.1) is 0 Å². The molecule has 0 unspecified atom stereocenters. The number of nitrogens with zero attached hydrogens (tertiary/aromatic N) is 2. The van der Waals surface area contributed by atoms with Gasteiger partial charge in [0.2, 0.25) is 0 Å². The lowest BCUT2D eigenvalue weighted by atomic mass is 10.1. The van der Waals surface area contributed by atoms with Crippen LogP contribution in [0.25, 0.3) is 11.8 Å². The molecule has 1 aliphatic heterocycles. The van der Waals surface area contributed by atoms with Crippen molar-refractivity contribution in [3.05, 3.63) is 86.0 Å². The molecule has 0 spiro atoms. The van der Waals surface area contributed by atoms with Crippen molar-refractivity contribution in [2.75, 3.05) is 7.11 Å². The highest BCUT2D eigenvalue weighted by atomic mass is 35.5. The van der Waals surface area contributed by atoms with E-state index in [4.69, 9.17) is 27.9 Å². The quantitative estimate of drug-likeness (QED) is 0.348. The molecule has 168 valence electrons. The number of thioether (sulfide) groups is 1. The van der Waals surface area contributed by atoms with Crippen LogP contribution in [0.1, 0.15) is 27.3 Å². The van der Waals surface area contributed by atoms with Crippen molar-refractivity contribution >= 4 is 63.8 Å². The van der Waals surface area contributed by atoms with E-state index in [0.717, 1.165) is 17.0 Å². The minimum atomic E-state index is -0.413. The third kappa shape index (κ3) is 4.57. The van der Waals surface area contributed by atoms with Gasteiger partial charge in [0.05, 0.1) is 39.0 Å². The van der Waals surface area contributed by atoms with E-state index in [9.17, 15) is 9.59 Å². The third-order valence-corrected chi connectivity index (χ3v) is 6.83. The second-order valence-electron chi connectivity index (χ2n) is 7.23. The Bertz CT molecular complexity index is 1340. The van der Waals surface area contributed by atoms with E-state index in [-0.39, 0.29) is 5.91 Å². The Kier molecular flexibility index (Phi) is 6.65. The highest BCUT2D eigenvalue weighted by Crippen LogP contribution is 2.35. The van der Waals surface area contributed by atoms with Crippen LogP contribution in [0.2, 0.25) is 10.0 Å². The van der Waals surface area contributed by atoms with Crippen LogP contribution in [0.5, 0.6) is 0 Å². The fraction of sp³-hybridized carbons (Fsp3) is 0.125. The van der Waals surface area contributed by atoms with E-state index in [1.807, 2.05) is 42.7 Å². The van der Waals surface area contributed by atoms with Crippen LogP contribution in [0.3, 0.4) is 0 Å². The number of nitrogens with one attached hydrogen (secondary N) is 1. The van der Waals surface area contributed by atoms with E-state index < -0.39 is 5.97 Å². The molecular formula is C24H19Cl2N3O3S. The number of methoxy groups -OCH3 is 1. The molecule has 0 radical (unpaired) electrons. The summed E-state index contributed by atoms with van der Waals surface area (Å²) in [5.41, 5.74) is 4.30. The largest absolute Gasteiger partial charge is 0.465 e. The number of halogens is 2. The first-order valence-corrected chi connectivity index (χ1v) is 11.5. The summed E-state index contributed by atoms with van der Waals surface area (Å²) in [6.45, 7) is 3.88. The Hall–Kier alpha value is -3.00. The predicted octanol–water partition coefficient (Wildman–Crippen LogP) is 6.08. The monoisotopic (exact) mass is 499 g/mol. The van der Waals surface area contributed by atoms with E-state index in [1.165, 1.54) is 18.9 Å². The van der Waals surface area contributed by atoms with Crippen LogP contribution in [-0.2, 0) is 9.53 Å². The molecule has 0 atom stereocenters. The van der Waals surface area contributed by atoms with Gasteiger partial charge in [0.1, 0.15) is 0 Å². The summed E-state index contributed by atoms with van der Waals surface area (Å²) in [6, 6.07) is 14.3. The van der Waals surface area contributed by atoms with Crippen molar-refractivity contribution < 1.29 is 14.3 Å².